The second-order valence-corrected chi connectivity index (χ2v) is 13.5. The van der Waals surface area contributed by atoms with Crippen molar-refractivity contribution in [2.24, 2.45) is 0 Å². The highest BCUT2D eigenvalue weighted by molar-refractivity contribution is 7.90. The predicted molar refractivity (Wildman–Crippen MR) is 150 cm³/mol. The largest absolute Gasteiger partial charge is 0.446 e. The number of aryl methyl sites for hydroxylation is 1. The standard InChI is InChI=1S/C28H31ClN4O6S/c1-40(36,37)14-4-9-32-24-8-7-19(29)15-22(24)30-25(32)18-33-23-6-3-2-5-21(23)28(26(33)34)16-20(17-28)39-27(35)31-10-12-38-13-11-31/h2-3,5-8,15,20H,4,9-14,16-18H2,1H3/t20-,28-. The third-order valence-corrected chi connectivity index (χ3v) is 9.31. The molecule has 212 valence electrons. The van der Waals surface area contributed by atoms with Gasteiger partial charge in [-0.05, 0) is 36.2 Å². The Morgan fingerprint density at radius 2 is 1.93 bits per heavy atom. The lowest BCUT2D eigenvalue weighted by Gasteiger charge is -2.43. The van der Waals surface area contributed by atoms with E-state index in [1.54, 1.807) is 21.9 Å². The van der Waals surface area contributed by atoms with Crippen molar-refractivity contribution in [2.75, 3.05) is 43.2 Å². The summed E-state index contributed by atoms with van der Waals surface area (Å²) in [6, 6.07) is 13.2. The van der Waals surface area contributed by atoms with Crippen LogP contribution in [0, 0.1) is 0 Å². The number of morpholine rings is 1. The van der Waals surface area contributed by atoms with Crippen LogP contribution in [0.4, 0.5) is 10.5 Å². The highest BCUT2D eigenvalue weighted by atomic mass is 35.5. The molecule has 6 rings (SSSR count). The summed E-state index contributed by atoms with van der Waals surface area (Å²) in [7, 11) is -3.12. The number of hydrogen-bond donors (Lipinski definition) is 0. The van der Waals surface area contributed by atoms with Crippen LogP contribution in [0.5, 0.6) is 0 Å². The van der Waals surface area contributed by atoms with E-state index in [1.165, 1.54) is 6.26 Å². The van der Waals surface area contributed by atoms with Gasteiger partial charge in [0.1, 0.15) is 21.8 Å². The van der Waals surface area contributed by atoms with Gasteiger partial charge >= 0.3 is 6.09 Å². The van der Waals surface area contributed by atoms with Crippen molar-refractivity contribution in [3.8, 4) is 0 Å². The number of hydrogen-bond acceptors (Lipinski definition) is 7. The van der Waals surface area contributed by atoms with Gasteiger partial charge in [0.05, 0.1) is 42.0 Å². The fourth-order valence-corrected chi connectivity index (χ4v) is 6.88. The zero-order chi connectivity index (χ0) is 28.1. The molecule has 12 heteroatoms. The molecule has 1 aliphatic carbocycles. The van der Waals surface area contributed by atoms with Crippen molar-refractivity contribution >= 4 is 50.2 Å². The zero-order valence-electron chi connectivity index (χ0n) is 22.2. The number of imidazole rings is 1. The highest BCUT2D eigenvalue weighted by Crippen LogP contribution is 2.54. The van der Waals surface area contributed by atoms with Crippen molar-refractivity contribution in [1.82, 2.24) is 14.5 Å². The molecular weight excluding hydrogens is 556 g/mol. The number of carbonyl (C=O) groups is 2. The van der Waals surface area contributed by atoms with Crippen molar-refractivity contribution < 1.29 is 27.5 Å². The lowest BCUT2D eigenvalue weighted by Crippen LogP contribution is -2.54. The molecule has 40 heavy (non-hydrogen) atoms. The molecule has 10 nitrogen and oxygen atoms in total. The monoisotopic (exact) mass is 586 g/mol. The lowest BCUT2D eigenvalue weighted by molar-refractivity contribution is -0.131. The Hall–Kier alpha value is -3.15. The minimum absolute atomic E-state index is 0.0415. The van der Waals surface area contributed by atoms with E-state index < -0.39 is 15.3 Å². The quantitative estimate of drug-likeness (QED) is 0.416. The summed E-state index contributed by atoms with van der Waals surface area (Å²) in [5.74, 6) is 0.666. The molecule has 2 aliphatic heterocycles. The van der Waals surface area contributed by atoms with Crippen molar-refractivity contribution in [3.63, 3.8) is 0 Å². The number of benzene rings is 2. The van der Waals surface area contributed by atoms with Crippen LogP contribution >= 0.6 is 11.6 Å². The number of sulfone groups is 1. The van der Waals surface area contributed by atoms with Crippen LogP contribution in [0.1, 0.15) is 30.7 Å². The molecule has 2 fully saturated rings. The van der Waals surface area contributed by atoms with E-state index in [2.05, 4.69) is 0 Å². The predicted octanol–water partition coefficient (Wildman–Crippen LogP) is 3.54. The number of anilines is 1. The average Bonchev–Trinajstić information content (AvgIpc) is 3.36. The maximum absolute atomic E-state index is 14.1. The zero-order valence-corrected chi connectivity index (χ0v) is 23.8. The molecule has 1 spiro atoms. The first-order valence-electron chi connectivity index (χ1n) is 13.4. The van der Waals surface area contributed by atoms with Crippen molar-refractivity contribution in [1.29, 1.82) is 0 Å². The minimum atomic E-state index is -3.12. The molecule has 3 aromatic rings. The molecule has 0 unspecified atom stereocenters. The molecular formula is C28H31ClN4O6S. The smallest absolute Gasteiger partial charge is 0.410 e. The summed E-state index contributed by atoms with van der Waals surface area (Å²) in [4.78, 5) is 34.9. The summed E-state index contributed by atoms with van der Waals surface area (Å²) < 4.78 is 36.6. The number of fused-ring (bicyclic) bond motifs is 3. The lowest BCUT2D eigenvalue weighted by atomic mass is 9.63. The van der Waals surface area contributed by atoms with Crippen LogP contribution in [0.2, 0.25) is 5.02 Å². The molecule has 2 amide bonds. The first-order chi connectivity index (χ1) is 19.1. The number of ether oxygens (including phenoxy) is 2. The summed E-state index contributed by atoms with van der Waals surface area (Å²) in [6.07, 6.45) is 1.80. The van der Waals surface area contributed by atoms with Gasteiger partial charge in [0.2, 0.25) is 5.91 Å². The van der Waals surface area contributed by atoms with Crippen LogP contribution in [0.25, 0.3) is 11.0 Å². The topological polar surface area (TPSA) is 111 Å². The van der Waals surface area contributed by atoms with Gasteiger partial charge in [0, 0.05) is 49.4 Å². The molecule has 3 aliphatic rings. The Morgan fingerprint density at radius 1 is 1.18 bits per heavy atom. The molecule has 3 heterocycles. The number of nitrogens with zero attached hydrogens (tertiary/aromatic N) is 4. The van der Waals surface area contributed by atoms with Crippen LogP contribution in [-0.2, 0) is 42.6 Å². The minimum Gasteiger partial charge on any atom is -0.446 e. The summed E-state index contributed by atoms with van der Waals surface area (Å²) in [5.41, 5.74) is 2.53. The number of rotatable bonds is 7. The number of halogens is 1. The highest BCUT2D eigenvalue weighted by Gasteiger charge is 2.59. The molecule has 0 radical (unpaired) electrons. The molecule has 1 saturated carbocycles. The Balaban J connectivity index is 1.25. The van der Waals surface area contributed by atoms with Crippen LogP contribution in [0.3, 0.4) is 0 Å². The van der Waals surface area contributed by atoms with Gasteiger partial charge in [0.15, 0.2) is 0 Å². The third kappa shape index (κ3) is 4.95. The molecule has 0 bridgehead atoms. The third-order valence-electron chi connectivity index (χ3n) is 8.04. The van der Waals surface area contributed by atoms with E-state index in [0.717, 1.165) is 16.8 Å². The first-order valence-corrected chi connectivity index (χ1v) is 15.9. The first kappa shape index (κ1) is 27.0. The number of carbonyl (C=O) groups excluding carboxylic acids is 2. The molecule has 0 atom stereocenters. The van der Waals surface area contributed by atoms with Crippen molar-refractivity contribution in [3.05, 3.63) is 58.9 Å². The summed E-state index contributed by atoms with van der Waals surface area (Å²) in [6.45, 7) is 2.66. The maximum Gasteiger partial charge on any atom is 0.410 e. The summed E-state index contributed by atoms with van der Waals surface area (Å²) in [5, 5.41) is 0.550. The van der Waals surface area contributed by atoms with Gasteiger partial charge in [-0.2, -0.15) is 0 Å². The molecule has 0 N–H and O–H groups in total. The normalized spacial score (nSPS) is 22.6. The van der Waals surface area contributed by atoms with Crippen LogP contribution < -0.4 is 4.90 Å². The van der Waals surface area contributed by atoms with E-state index in [1.807, 2.05) is 34.9 Å². The van der Waals surface area contributed by atoms with E-state index in [0.29, 0.717) is 68.5 Å². The average molecular weight is 587 g/mol. The van der Waals surface area contributed by atoms with E-state index in [4.69, 9.17) is 26.1 Å². The van der Waals surface area contributed by atoms with E-state index >= 15 is 0 Å². The number of aromatic nitrogens is 2. The molecule has 1 aromatic heterocycles. The Kier molecular flexibility index (Phi) is 7.00. The van der Waals surface area contributed by atoms with E-state index in [-0.39, 0.29) is 30.4 Å². The van der Waals surface area contributed by atoms with Gasteiger partial charge < -0.3 is 23.8 Å². The number of amides is 2. The Labute approximate surface area is 237 Å². The SMILES string of the molecule is CS(=O)(=O)CCCn1c(CN2c3ccccc3[C@]3(C[C@@H](OC(=O)N4CCOCC4)C3)C2=O)nc2cc(Cl)ccc21. The van der Waals surface area contributed by atoms with Gasteiger partial charge in [-0.3, -0.25) is 4.79 Å². The van der Waals surface area contributed by atoms with Gasteiger partial charge in [-0.15, -0.1) is 0 Å². The summed E-state index contributed by atoms with van der Waals surface area (Å²) >= 11 is 6.23. The Morgan fingerprint density at radius 3 is 2.67 bits per heavy atom. The van der Waals surface area contributed by atoms with Gasteiger partial charge in [-0.25, -0.2) is 18.2 Å². The fourth-order valence-electron chi connectivity index (χ4n) is 6.06. The van der Waals surface area contributed by atoms with Crippen LogP contribution in [-0.4, -0.2) is 79.3 Å². The second kappa shape index (κ2) is 10.4. The van der Waals surface area contributed by atoms with Crippen LogP contribution in [0.15, 0.2) is 42.5 Å². The van der Waals surface area contributed by atoms with Gasteiger partial charge in [0.25, 0.3) is 0 Å². The maximum atomic E-state index is 14.1. The van der Waals surface area contributed by atoms with E-state index in [9.17, 15) is 18.0 Å². The Bertz CT molecular complexity index is 1580. The molecule has 2 aromatic carbocycles. The van der Waals surface area contributed by atoms with Gasteiger partial charge in [-0.1, -0.05) is 29.8 Å². The number of para-hydroxylation sites is 1. The fraction of sp³-hybridized carbons (Fsp3) is 0.464. The van der Waals surface area contributed by atoms with Crippen molar-refractivity contribution in [2.45, 2.75) is 43.9 Å². The second-order valence-electron chi connectivity index (χ2n) is 10.8. The molecule has 1 saturated heterocycles.